The number of halogens is 1. The number of anilines is 4. The minimum atomic E-state index is -0.465. The fourth-order valence-electron chi connectivity index (χ4n) is 3.87. The van der Waals surface area contributed by atoms with E-state index in [0.29, 0.717) is 34.7 Å². The van der Waals surface area contributed by atoms with Crippen molar-refractivity contribution in [2.24, 2.45) is 0 Å². The quantitative estimate of drug-likeness (QED) is 0.273. The monoisotopic (exact) mass is 520 g/mol. The third-order valence-electron chi connectivity index (χ3n) is 5.82. The Balaban J connectivity index is 1.72. The van der Waals surface area contributed by atoms with Crippen molar-refractivity contribution >= 4 is 40.0 Å². The van der Waals surface area contributed by atoms with Gasteiger partial charge in [0.05, 0.1) is 35.2 Å². The number of likely N-dealkylation sites (N-methyl/N-ethyl adjacent to an activating group) is 2. The number of hydrogen-bond donors (Lipinski definition) is 3. The summed E-state index contributed by atoms with van der Waals surface area (Å²) in [6.45, 7) is 5.04. The highest BCUT2D eigenvalue weighted by Gasteiger charge is 2.17. The number of hydrogen-bond acceptors (Lipinski definition) is 8. The second-order valence-corrected chi connectivity index (χ2v) is 8.78. The van der Waals surface area contributed by atoms with Crippen LogP contribution in [0.15, 0.2) is 60.0 Å². The molecule has 1 amide bonds. The predicted octanol–water partition coefficient (Wildman–Crippen LogP) is 3.12. The lowest BCUT2D eigenvalue weighted by Crippen LogP contribution is -2.29. The molecule has 198 valence electrons. The Kier molecular flexibility index (Phi) is 7.72. The number of nitrogens with one attached hydrogen (secondary N) is 3. The average molecular weight is 521 g/mol. The number of aromatic amines is 1. The van der Waals surface area contributed by atoms with Gasteiger partial charge in [-0.1, -0.05) is 6.58 Å². The molecule has 0 saturated heterocycles. The topological polar surface area (TPSA) is 120 Å². The van der Waals surface area contributed by atoms with Crippen molar-refractivity contribution in [3.8, 4) is 11.6 Å². The molecule has 0 fully saturated rings. The van der Waals surface area contributed by atoms with Crippen LogP contribution >= 0.6 is 0 Å². The zero-order chi connectivity index (χ0) is 27.4. The SMILES string of the molecule is C=CC(=O)Nc1cc(Nc2nccc(-n3c(=O)[nH]c4cc(F)ccc43)n2)c(OC)cc1N(C)CCN(C)C. The highest BCUT2D eigenvalue weighted by Crippen LogP contribution is 2.38. The maximum absolute atomic E-state index is 13.6. The molecule has 3 N–H and O–H groups in total. The van der Waals surface area contributed by atoms with Crippen LogP contribution in [0.25, 0.3) is 16.9 Å². The lowest BCUT2D eigenvalue weighted by Gasteiger charge is -2.26. The van der Waals surface area contributed by atoms with Gasteiger partial charge >= 0.3 is 5.69 Å². The van der Waals surface area contributed by atoms with Crippen LogP contribution < -0.4 is 26.0 Å². The van der Waals surface area contributed by atoms with Gasteiger partial charge in [-0.15, -0.1) is 0 Å². The summed E-state index contributed by atoms with van der Waals surface area (Å²) >= 11 is 0. The molecule has 0 radical (unpaired) electrons. The zero-order valence-electron chi connectivity index (χ0n) is 21.6. The second-order valence-electron chi connectivity index (χ2n) is 8.78. The normalized spacial score (nSPS) is 11.0. The molecule has 0 spiro atoms. The summed E-state index contributed by atoms with van der Waals surface area (Å²) in [6, 6.07) is 9.11. The van der Waals surface area contributed by atoms with E-state index in [1.807, 2.05) is 26.0 Å². The van der Waals surface area contributed by atoms with Crippen molar-refractivity contribution in [2.75, 3.05) is 56.9 Å². The third-order valence-corrected chi connectivity index (χ3v) is 5.82. The van der Waals surface area contributed by atoms with E-state index < -0.39 is 11.5 Å². The van der Waals surface area contributed by atoms with Crippen molar-refractivity contribution in [1.82, 2.24) is 24.4 Å². The van der Waals surface area contributed by atoms with Crippen LogP contribution in [0.1, 0.15) is 0 Å². The van der Waals surface area contributed by atoms with E-state index in [0.717, 1.165) is 12.2 Å². The summed E-state index contributed by atoms with van der Waals surface area (Å²) in [5.74, 6) is 0.125. The first kappa shape index (κ1) is 26.4. The fourth-order valence-corrected chi connectivity index (χ4v) is 3.87. The molecular weight excluding hydrogens is 491 g/mol. The Bertz CT molecular complexity index is 1550. The molecule has 2 heterocycles. The number of benzene rings is 2. The van der Waals surface area contributed by atoms with E-state index in [4.69, 9.17) is 4.74 Å². The molecule has 0 aliphatic heterocycles. The van der Waals surface area contributed by atoms with Gasteiger partial charge in [-0.3, -0.25) is 4.79 Å². The van der Waals surface area contributed by atoms with Crippen LogP contribution in [0.5, 0.6) is 5.75 Å². The highest BCUT2D eigenvalue weighted by atomic mass is 19.1. The molecule has 2 aromatic heterocycles. The number of rotatable bonds is 10. The largest absolute Gasteiger partial charge is 0.494 e. The number of aromatic nitrogens is 4. The summed E-state index contributed by atoms with van der Waals surface area (Å²) in [5, 5.41) is 5.96. The van der Waals surface area contributed by atoms with Crippen LogP contribution in [0, 0.1) is 5.82 Å². The van der Waals surface area contributed by atoms with Crippen molar-refractivity contribution in [3.63, 3.8) is 0 Å². The molecular formula is C26H29FN8O3. The number of fused-ring (bicyclic) bond motifs is 1. The number of imidazole rings is 1. The fraction of sp³-hybridized carbons (Fsp3) is 0.231. The van der Waals surface area contributed by atoms with Crippen molar-refractivity contribution in [1.29, 1.82) is 0 Å². The van der Waals surface area contributed by atoms with E-state index in [1.54, 1.807) is 18.2 Å². The Labute approximate surface area is 218 Å². The van der Waals surface area contributed by atoms with Crippen LogP contribution in [0.3, 0.4) is 0 Å². The number of methoxy groups -OCH3 is 1. The standard InChI is InChI=1S/C26H29FN8O3/c1-6-24(36)29-18-14-19(22(38-5)15-21(18)34(4)12-11-33(2)3)30-25-28-10-9-23(32-25)35-20-8-7-16(27)13-17(20)31-26(35)37/h6-10,13-15H,1,11-12H2,2-5H3,(H,29,36)(H,31,37)(H,28,30,32). The van der Waals surface area contributed by atoms with Gasteiger partial charge in [-0.05, 0) is 44.4 Å². The van der Waals surface area contributed by atoms with E-state index in [-0.39, 0.29) is 17.7 Å². The molecule has 0 atom stereocenters. The smallest absolute Gasteiger partial charge is 0.332 e. The van der Waals surface area contributed by atoms with Gasteiger partial charge < -0.3 is 30.2 Å². The lowest BCUT2D eigenvalue weighted by atomic mass is 10.2. The summed E-state index contributed by atoms with van der Waals surface area (Å²) in [7, 11) is 7.43. The minimum Gasteiger partial charge on any atom is -0.494 e. The summed E-state index contributed by atoms with van der Waals surface area (Å²) in [5.41, 5.74) is 2.12. The molecule has 11 nitrogen and oxygen atoms in total. The Morgan fingerprint density at radius 2 is 1.97 bits per heavy atom. The van der Waals surface area contributed by atoms with Crippen molar-refractivity contribution in [2.45, 2.75) is 0 Å². The molecule has 12 heteroatoms. The van der Waals surface area contributed by atoms with Crippen LogP contribution in [-0.4, -0.2) is 71.7 Å². The van der Waals surface area contributed by atoms with E-state index >= 15 is 0 Å². The van der Waals surface area contributed by atoms with Crippen LogP contribution in [0.4, 0.5) is 27.4 Å². The van der Waals surface area contributed by atoms with Crippen molar-refractivity contribution < 1.29 is 13.9 Å². The van der Waals surface area contributed by atoms with Crippen LogP contribution in [-0.2, 0) is 4.79 Å². The Hall–Kier alpha value is -4.71. The average Bonchev–Trinajstić information content (AvgIpc) is 3.22. The first-order valence-electron chi connectivity index (χ1n) is 11.7. The second kappa shape index (κ2) is 11.1. The van der Waals surface area contributed by atoms with Crippen molar-refractivity contribution in [3.05, 3.63) is 71.6 Å². The first-order valence-corrected chi connectivity index (χ1v) is 11.7. The molecule has 0 aliphatic rings. The molecule has 0 saturated carbocycles. The molecule has 4 aromatic rings. The molecule has 0 aliphatic carbocycles. The minimum absolute atomic E-state index is 0.180. The Morgan fingerprint density at radius 3 is 2.68 bits per heavy atom. The van der Waals surface area contributed by atoms with Gasteiger partial charge in [0.25, 0.3) is 0 Å². The molecule has 0 unspecified atom stereocenters. The number of nitrogens with zero attached hydrogens (tertiary/aromatic N) is 5. The summed E-state index contributed by atoms with van der Waals surface area (Å²) in [4.78, 5) is 40.3. The highest BCUT2D eigenvalue weighted by molar-refractivity contribution is 6.02. The predicted molar refractivity (Wildman–Crippen MR) is 146 cm³/mol. The van der Waals surface area contributed by atoms with E-state index in [2.05, 4.69) is 37.1 Å². The van der Waals surface area contributed by atoms with Gasteiger partial charge in [0, 0.05) is 38.5 Å². The van der Waals surface area contributed by atoms with Gasteiger partial charge in [-0.2, -0.15) is 4.98 Å². The first-order chi connectivity index (χ1) is 18.2. The molecule has 2 aromatic carbocycles. The summed E-state index contributed by atoms with van der Waals surface area (Å²) < 4.78 is 20.6. The maximum Gasteiger partial charge on any atom is 0.332 e. The number of H-pyrrole nitrogens is 1. The number of amides is 1. The van der Waals surface area contributed by atoms with E-state index in [1.165, 1.54) is 42.1 Å². The number of carbonyl (C=O) groups is 1. The van der Waals surface area contributed by atoms with Gasteiger partial charge in [0.2, 0.25) is 11.9 Å². The Morgan fingerprint density at radius 1 is 1.18 bits per heavy atom. The van der Waals surface area contributed by atoms with Gasteiger partial charge in [0.1, 0.15) is 17.4 Å². The summed E-state index contributed by atoms with van der Waals surface area (Å²) in [6.07, 6.45) is 2.69. The zero-order valence-corrected chi connectivity index (χ0v) is 21.6. The van der Waals surface area contributed by atoms with Gasteiger partial charge in [0.15, 0.2) is 0 Å². The molecule has 4 rings (SSSR count). The number of carbonyl (C=O) groups excluding carboxylic acids is 1. The van der Waals surface area contributed by atoms with E-state index in [9.17, 15) is 14.0 Å². The van der Waals surface area contributed by atoms with Crippen LogP contribution in [0.2, 0.25) is 0 Å². The molecule has 38 heavy (non-hydrogen) atoms. The molecule has 0 bridgehead atoms. The number of ether oxygens (including phenoxy) is 1. The maximum atomic E-state index is 13.6. The third kappa shape index (κ3) is 5.65. The van der Waals surface area contributed by atoms with Gasteiger partial charge in [-0.25, -0.2) is 18.7 Å². The lowest BCUT2D eigenvalue weighted by molar-refractivity contribution is -0.111.